The van der Waals surface area contributed by atoms with Crippen LogP contribution in [0.15, 0.2) is 47.4 Å². The van der Waals surface area contributed by atoms with E-state index < -0.39 is 5.91 Å². The van der Waals surface area contributed by atoms with Crippen LogP contribution >= 0.6 is 11.8 Å². The summed E-state index contributed by atoms with van der Waals surface area (Å²) in [7, 11) is 3.27. The van der Waals surface area contributed by atoms with Crippen LogP contribution in [0, 0.1) is 0 Å². The number of nitrogens with zero attached hydrogens (tertiary/aromatic N) is 1. The van der Waals surface area contributed by atoms with Crippen molar-refractivity contribution in [3.8, 4) is 17.2 Å². The Balaban J connectivity index is 1.45. The quantitative estimate of drug-likeness (QED) is 0.683. The summed E-state index contributed by atoms with van der Waals surface area (Å²) in [5, 5.41) is 1.84. The van der Waals surface area contributed by atoms with Gasteiger partial charge in [0.1, 0.15) is 12.4 Å². The Morgan fingerprint density at radius 3 is 2.55 bits per heavy atom. The molecule has 0 saturated carbocycles. The predicted molar refractivity (Wildman–Crippen MR) is 115 cm³/mol. The number of hydrogen-bond donors (Lipinski definition) is 1. The van der Waals surface area contributed by atoms with E-state index >= 15 is 0 Å². The molecular formula is C22H20N2O6S. The van der Waals surface area contributed by atoms with Gasteiger partial charge in [-0.05, 0) is 59.7 Å². The molecule has 0 aromatic heterocycles. The first-order valence-corrected chi connectivity index (χ1v) is 10.3. The lowest BCUT2D eigenvalue weighted by atomic mass is 10.1. The third kappa shape index (κ3) is 4.66. The van der Waals surface area contributed by atoms with Crippen LogP contribution in [0.25, 0.3) is 6.08 Å². The fourth-order valence-corrected chi connectivity index (χ4v) is 3.93. The first kappa shape index (κ1) is 20.8. The fourth-order valence-electron chi connectivity index (χ4n) is 3.25. The van der Waals surface area contributed by atoms with Gasteiger partial charge in [-0.1, -0.05) is 18.2 Å². The minimum Gasteiger partial charge on any atom is -0.493 e. The molecule has 8 nitrogen and oxygen atoms in total. The Morgan fingerprint density at radius 2 is 1.94 bits per heavy atom. The maximum Gasteiger partial charge on any atom is 0.409 e. The van der Waals surface area contributed by atoms with E-state index in [-0.39, 0.29) is 17.4 Å². The molecule has 2 saturated heterocycles. The van der Waals surface area contributed by atoms with Crippen LogP contribution in [0.4, 0.5) is 9.59 Å². The van der Waals surface area contributed by atoms with Crippen molar-refractivity contribution in [1.29, 1.82) is 0 Å². The van der Waals surface area contributed by atoms with Crippen LogP contribution in [0.2, 0.25) is 0 Å². The maximum atomic E-state index is 11.7. The number of nitrogens with one attached hydrogen (secondary N) is 1. The van der Waals surface area contributed by atoms with Gasteiger partial charge in [0.05, 0.1) is 18.1 Å². The molecule has 31 heavy (non-hydrogen) atoms. The number of rotatable bonds is 6. The number of cyclic esters (lactones) is 1. The fraction of sp³-hybridized carbons (Fsp3) is 0.227. The normalized spacial score (nSPS) is 19.5. The summed E-state index contributed by atoms with van der Waals surface area (Å²) in [6, 6.07) is 12.9. The number of carbonyl (C=O) groups excluding carboxylic acids is 3. The van der Waals surface area contributed by atoms with Crippen molar-refractivity contribution < 1.29 is 28.6 Å². The zero-order chi connectivity index (χ0) is 22.0. The summed E-state index contributed by atoms with van der Waals surface area (Å²) in [5.74, 6) is 1.24. The van der Waals surface area contributed by atoms with Gasteiger partial charge >= 0.3 is 6.09 Å². The number of benzene rings is 2. The molecule has 0 radical (unpaired) electrons. The van der Waals surface area contributed by atoms with Crippen molar-refractivity contribution in [2.75, 3.05) is 20.8 Å². The molecule has 2 aromatic carbocycles. The van der Waals surface area contributed by atoms with E-state index in [0.717, 1.165) is 17.3 Å². The lowest BCUT2D eigenvalue weighted by molar-refractivity contribution is -0.115. The summed E-state index contributed by atoms with van der Waals surface area (Å²) < 4.78 is 16.4. The number of imide groups is 1. The summed E-state index contributed by atoms with van der Waals surface area (Å²) >= 11 is 0.861. The van der Waals surface area contributed by atoms with Crippen molar-refractivity contribution in [2.24, 2.45) is 0 Å². The molecule has 3 amide bonds. The molecule has 4 rings (SSSR count). The molecule has 1 unspecified atom stereocenters. The number of ether oxygens (including phenoxy) is 3. The molecule has 1 N–H and O–H groups in total. The van der Waals surface area contributed by atoms with Gasteiger partial charge in [-0.25, -0.2) is 4.79 Å². The molecule has 2 aliphatic heterocycles. The first-order chi connectivity index (χ1) is 14.9. The number of thioether (sulfide) groups is 1. The Morgan fingerprint density at radius 1 is 1.16 bits per heavy atom. The highest BCUT2D eigenvalue weighted by molar-refractivity contribution is 8.18. The second-order valence-corrected chi connectivity index (χ2v) is 8.07. The minimum atomic E-state index is -0.408. The number of likely N-dealkylation sites (N-methyl/N-ethyl adjacent to an activating group) is 1. The van der Waals surface area contributed by atoms with Gasteiger partial charge in [0.15, 0.2) is 11.5 Å². The lowest BCUT2D eigenvalue weighted by Crippen LogP contribution is -2.30. The number of carbonyl (C=O) groups is 3. The molecular weight excluding hydrogens is 420 g/mol. The van der Waals surface area contributed by atoms with Crippen LogP contribution in [0.3, 0.4) is 0 Å². The third-order valence-electron chi connectivity index (χ3n) is 4.98. The van der Waals surface area contributed by atoms with Crippen LogP contribution in [-0.4, -0.2) is 48.9 Å². The van der Waals surface area contributed by atoms with E-state index in [4.69, 9.17) is 14.2 Å². The average Bonchev–Trinajstić information content (AvgIpc) is 3.25. The van der Waals surface area contributed by atoms with Crippen molar-refractivity contribution in [3.05, 3.63) is 58.5 Å². The predicted octanol–water partition coefficient (Wildman–Crippen LogP) is 3.80. The van der Waals surface area contributed by atoms with Gasteiger partial charge in [-0.15, -0.1) is 0 Å². The molecule has 9 heteroatoms. The molecule has 0 bridgehead atoms. The van der Waals surface area contributed by atoms with Crippen LogP contribution in [-0.2, 0) is 16.0 Å². The largest absolute Gasteiger partial charge is 0.493 e. The molecule has 0 aliphatic carbocycles. The van der Waals surface area contributed by atoms with E-state index in [1.54, 1.807) is 36.2 Å². The van der Waals surface area contributed by atoms with Gasteiger partial charge in [-0.3, -0.25) is 14.9 Å². The van der Waals surface area contributed by atoms with Gasteiger partial charge in [0.25, 0.3) is 11.1 Å². The topological polar surface area (TPSA) is 94.2 Å². The van der Waals surface area contributed by atoms with Crippen molar-refractivity contribution in [3.63, 3.8) is 0 Å². The molecule has 2 aromatic rings. The Labute approximate surface area is 183 Å². The molecule has 2 aliphatic rings. The molecule has 2 fully saturated rings. The van der Waals surface area contributed by atoms with E-state index in [1.165, 1.54) is 7.11 Å². The zero-order valence-electron chi connectivity index (χ0n) is 16.9. The molecule has 0 spiro atoms. The van der Waals surface area contributed by atoms with E-state index in [0.29, 0.717) is 40.7 Å². The van der Waals surface area contributed by atoms with Gasteiger partial charge < -0.3 is 19.1 Å². The zero-order valence-corrected chi connectivity index (χ0v) is 17.7. The van der Waals surface area contributed by atoms with Gasteiger partial charge in [0, 0.05) is 7.05 Å². The smallest absolute Gasteiger partial charge is 0.409 e. The van der Waals surface area contributed by atoms with E-state index in [9.17, 15) is 14.4 Å². The van der Waals surface area contributed by atoms with Gasteiger partial charge in [-0.2, -0.15) is 0 Å². The monoisotopic (exact) mass is 440 g/mol. The summed E-state index contributed by atoms with van der Waals surface area (Å²) in [6.07, 6.45) is 2.03. The standard InChI is InChI=1S/C22H20N2O6S/c1-24-15(12-29-22(24)27)9-13-3-6-16(7-4-13)30-17-8-5-14(10-18(17)28-2)11-19-20(25)23-21(26)31-19/h3-8,10-11,15H,9,12H2,1-2H3,(H,23,25,26). The van der Waals surface area contributed by atoms with E-state index in [2.05, 4.69) is 5.32 Å². The summed E-state index contributed by atoms with van der Waals surface area (Å²) in [5.41, 5.74) is 1.78. The second kappa shape index (κ2) is 8.73. The molecule has 160 valence electrons. The number of amides is 3. The second-order valence-electron chi connectivity index (χ2n) is 7.05. The Bertz CT molecular complexity index is 1070. The van der Waals surface area contributed by atoms with Crippen LogP contribution in [0.1, 0.15) is 11.1 Å². The third-order valence-corrected chi connectivity index (χ3v) is 5.80. The van der Waals surface area contributed by atoms with Crippen LogP contribution < -0.4 is 14.8 Å². The van der Waals surface area contributed by atoms with Crippen LogP contribution in [0.5, 0.6) is 17.2 Å². The van der Waals surface area contributed by atoms with Crippen molar-refractivity contribution >= 4 is 35.1 Å². The van der Waals surface area contributed by atoms with E-state index in [1.807, 2.05) is 24.3 Å². The Kier molecular flexibility index (Phi) is 5.85. The first-order valence-electron chi connectivity index (χ1n) is 9.52. The Hall–Kier alpha value is -3.46. The summed E-state index contributed by atoms with van der Waals surface area (Å²) in [6.45, 7) is 0.390. The lowest BCUT2D eigenvalue weighted by Gasteiger charge is -2.16. The highest BCUT2D eigenvalue weighted by Crippen LogP contribution is 2.34. The SMILES string of the molecule is COc1cc(C=C2SC(=O)NC2=O)ccc1Oc1ccc(CC2COC(=O)N2C)cc1. The van der Waals surface area contributed by atoms with Gasteiger partial charge in [0.2, 0.25) is 0 Å². The van der Waals surface area contributed by atoms with Crippen molar-refractivity contribution in [2.45, 2.75) is 12.5 Å². The minimum absolute atomic E-state index is 0.0245. The summed E-state index contributed by atoms with van der Waals surface area (Å²) in [4.78, 5) is 36.4. The average molecular weight is 440 g/mol. The number of hydrogen-bond acceptors (Lipinski definition) is 7. The molecule has 1 atom stereocenters. The highest BCUT2D eigenvalue weighted by atomic mass is 32.2. The number of methoxy groups -OCH3 is 1. The highest BCUT2D eigenvalue weighted by Gasteiger charge is 2.29. The maximum absolute atomic E-state index is 11.7. The van der Waals surface area contributed by atoms with Crippen molar-refractivity contribution in [1.82, 2.24) is 10.2 Å². The molecule has 2 heterocycles.